The molecule has 4 nitrogen and oxygen atoms in total. The molecule has 2 atom stereocenters. The molecule has 0 aromatic heterocycles. The van der Waals surface area contributed by atoms with Gasteiger partial charge in [-0.3, -0.25) is 4.79 Å². The molecule has 0 heterocycles. The Morgan fingerprint density at radius 1 is 1.54 bits per heavy atom. The average molecular weight is 242 g/mol. The fourth-order valence-electron chi connectivity index (χ4n) is 0.561. The zero-order valence-corrected chi connectivity index (χ0v) is 10.3. The van der Waals surface area contributed by atoms with Crippen molar-refractivity contribution in [2.24, 2.45) is 0 Å². The molecular weight excluding hydrogens is 230 g/mol. The van der Waals surface area contributed by atoms with Crippen LogP contribution in [0.15, 0.2) is 11.8 Å². The molecule has 0 aliphatic heterocycles. The smallest absolute Gasteiger partial charge is 0.174 e. The number of hydrogen-bond donors (Lipinski definition) is 0. The van der Waals surface area contributed by atoms with Crippen molar-refractivity contribution in [2.45, 2.75) is 6.92 Å². The van der Waals surface area contributed by atoms with Crippen LogP contribution in [0.5, 0.6) is 0 Å². The Bertz CT molecular complexity index is 307. The van der Waals surface area contributed by atoms with Crippen LogP contribution in [0.4, 0.5) is 0 Å². The Morgan fingerprint density at radius 2 is 2.08 bits per heavy atom. The van der Waals surface area contributed by atoms with Crippen LogP contribution >= 0.6 is 17.7 Å². The SMILES string of the molecule is C/C(=C/C(=O)P)OCCS(=O)(=O)P. The minimum Gasteiger partial charge on any atom is -0.497 e. The Balaban J connectivity index is 3.85. The van der Waals surface area contributed by atoms with Crippen LogP contribution in [0.2, 0.25) is 0 Å². The van der Waals surface area contributed by atoms with Crippen molar-refractivity contribution < 1.29 is 17.9 Å². The van der Waals surface area contributed by atoms with Crippen LogP contribution in [-0.4, -0.2) is 26.3 Å². The average Bonchev–Trinajstić information content (AvgIpc) is 1.81. The summed E-state index contributed by atoms with van der Waals surface area (Å²) in [4.78, 5) is 10.5. The number of rotatable bonds is 5. The summed E-state index contributed by atoms with van der Waals surface area (Å²) in [6.07, 6.45) is 1.28. The van der Waals surface area contributed by atoms with Crippen molar-refractivity contribution in [1.29, 1.82) is 0 Å². The maximum atomic E-state index is 10.6. The molecule has 2 unspecified atom stereocenters. The highest BCUT2D eigenvalue weighted by atomic mass is 32.7. The summed E-state index contributed by atoms with van der Waals surface area (Å²) in [5, 5.41) is 0. The topological polar surface area (TPSA) is 60.4 Å². The quantitative estimate of drug-likeness (QED) is 0.400. The molecule has 0 aromatic carbocycles. The van der Waals surface area contributed by atoms with Crippen molar-refractivity contribution in [1.82, 2.24) is 0 Å². The second kappa shape index (κ2) is 5.69. The maximum Gasteiger partial charge on any atom is 0.174 e. The first-order valence-electron chi connectivity index (χ1n) is 3.42. The molecule has 0 bridgehead atoms. The van der Waals surface area contributed by atoms with E-state index in [1.54, 1.807) is 15.4 Å². The van der Waals surface area contributed by atoms with E-state index in [0.29, 0.717) is 5.76 Å². The molecule has 0 saturated heterocycles. The first kappa shape index (κ1) is 13.0. The second-order valence-corrected chi connectivity index (χ2v) is 6.83. The lowest BCUT2D eigenvalue weighted by molar-refractivity contribution is -0.107. The Hall–Kier alpha value is 0.0200. The highest BCUT2D eigenvalue weighted by Gasteiger charge is 2.02. The number of carbonyl (C=O) groups excluding carboxylic acids is 1. The van der Waals surface area contributed by atoms with E-state index in [4.69, 9.17) is 4.74 Å². The van der Waals surface area contributed by atoms with Gasteiger partial charge in [0.2, 0.25) is 0 Å². The number of carbonyl (C=O) groups is 1. The largest absolute Gasteiger partial charge is 0.497 e. The van der Waals surface area contributed by atoms with Crippen molar-refractivity contribution in [2.75, 3.05) is 12.4 Å². The monoisotopic (exact) mass is 242 g/mol. The van der Waals surface area contributed by atoms with Crippen LogP contribution in [0, 0.1) is 0 Å². The molecule has 0 saturated carbocycles. The molecule has 0 aliphatic rings. The first-order valence-corrected chi connectivity index (χ1v) is 7.13. The molecule has 0 amide bonds. The summed E-state index contributed by atoms with van der Waals surface area (Å²) in [7, 11) is 0.633. The molecule has 0 rings (SSSR count). The number of hydrogen-bond acceptors (Lipinski definition) is 4. The molecule has 0 spiro atoms. The normalized spacial score (nSPS) is 12.7. The summed E-state index contributed by atoms with van der Waals surface area (Å²) in [5.74, 6) is 0.335. The van der Waals surface area contributed by atoms with Gasteiger partial charge in [0.25, 0.3) is 0 Å². The van der Waals surface area contributed by atoms with Crippen molar-refractivity contribution in [3.63, 3.8) is 0 Å². The lowest BCUT2D eigenvalue weighted by Gasteiger charge is -2.03. The van der Waals surface area contributed by atoms with E-state index in [2.05, 4.69) is 0 Å². The molecule has 7 heteroatoms. The summed E-state index contributed by atoms with van der Waals surface area (Å²) >= 11 is 0. The van der Waals surface area contributed by atoms with Gasteiger partial charge >= 0.3 is 0 Å². The van der Waals surface area contributed by atoms with Gasteiger partial charge in [-0.05, 0) is 15.4 Å². The van der Waals surface area contributed by atoms with Crippen LogP contribution in [-0.2, 0) is 19.0 Å². The van der Waals surface area contributed by atoms with E-state index < -0.39 is 9.46 Å². The third kappa shape index (κ3) is 9.94. The van der Waals surface area contributed by atoms with E-state index in [1.807, 2.05) is 9.24 Å². The second-order valence-electron chi connectivity index (χ2n) is 2.37. The third-order valence-corrected chi connectivity index (χ3v) is 2.65. The van der Waals surface area contributed by atoms with E-state index >= 15 is 0 Å². The Labute approximate surface area is 82.2 Å². The minimum atomic E-state index is -3.07. The molecule has 0 aromatic rings. The highest BCUT2D eigenvalue weighted by Crippen LogP contribution is 2.03. The van der Waals surface area contributed by atoms with Crippen molar-refractivity contribution in [3.8, 4) is 0 Å². The lowest BCUT2D eigenvalue weighted by Crippen LogP contribution is -2.05. The van der Waals surface area contributed by atoms with E-state index in [1.165, 1.54) is 6.08 Å². The zero-order chi connectivity index (χ0) is 10.5. The van der Waals surface area contributed by atoms with E-state index in [0.717, 1.165) is 0 Å². The van der Waals surface area contributed by atoms with Gasteiger partial charge in [-0.25, -0.2) is 8.42 Å². The highest BCUT2D eigenvalue weighted by molar-refractivity contribution is 8.37. The predicted molar refractivity (Wildman–Crippen MR) is 57.9 cm³/mol. The standard InChI is InChI=1S/C6H12O4P2S/c1-5(4-6(7)11)10-2-3-13(8,9)12/h4H,2-3,11-12H2,1H3/b5-4-. The van der Waals surface area contributed by atoms with Crippen LogP contribution in [0.25, 0.3) is 0 Å². The van der Waals surface area contributed by atoms with Gasteiger partial charge in [0.1, 0.15) is 6.61 Å². The summed E-state index contributed by atoms with van der Waals surface area (Å²) in [6.45, 7) is 1.66. The van der Waals surface area contributed by atoms with Crippen molar-refractivity contribution >= 4 is 32.7 Å². The van der Waals surface area contributed by atoms with Gasteiger partial charge in [-0.15, -0.1) is 0 Å². The summed E-state index contributed by atoms with van der Waals surface area (Å²) < 4.78 is 26.2. The minimum absolute atomic E-state index is 0.0616. The fraction of sp³-hybridized carbons (Fsp3) is 0.500. The lowest BCUT2D eigenvalue weighted by atomic mass is 10.5. The predicted octanol–water partition coefficient (Wildman–Crippen LogP) is 0.513. The van der Waals surface area contributed by atoms with E-state index in [-0.39, 0.29) is 17.9 Å². The zero-order valence-electron chi connectivity index (χ0n) is 7.19. The third-order valence-electron chi connectivity index (χ3n) is 1.04. The van der Waals surface area contributed by atoms with Gasteiger partial charge in [-0.1, -0.05) is 9.24 Å². The molecular formula is C6H12O4P2S. The molecule has 0 radical (unpaired) electrons. The fourth-order valence-corrected chi connectivity index (χ4v) is 1.40. The van der Waals surface area contributed by atoms with Gasteiger partial charge in [0, 0.05) is 6.08 Å². The molecule has 13 heavy (non-hydrogen) atoms. The van der Waals surface area contributed by atoms with Gasteiger partial charge in [0.05, 0.1) is 11.5 Å². The molecule has 0 aliphatic carbocycles. The molecule has 0 N–H and O–H groups in total. The maximum absolute atomic E-state index is 10.6. The summed E-state index contributed by atoms with van der Waals surface area (Å²) in [6, 6.07) is 0. The van der Waals surface area contributed by atoms with Crippen LogP contribution < -0.4 is 0 Å². The number of allylic oxidation sites excluding steroid dienone is 2. The van der Waals surface area contributed by atoms with E-state index in [9.17, 15) is 13.2 Å². The van der Waals surface area contributed by atoms with Gasteiger partial charge in [0.15, 0.2) is 15.0 Å². The molecule has 0 fully saturated rings. The van der Waals surface area contributed by atoms with Crippen LogP contribution in [0.1, 0.15) is 6.92 Å². The Kier molecular flexibility index (Phi) is 5.70. The summed E-state index contributed by atoms with van der Waals surface area (Å²) in [5.41, 5.74) is -0.203. The Morgan fingerprint density at radius 3 is 2.46 bits per heavy atom. The van der Waals surface area contributed by atoms with Gasteiger partial charge in [-0.2, -0.15) is 0 Å². The number of ether oxygens (including phenoxy) is 1. The van der Waals surface area contributed by atoms with Gasteiger partial charge < -0.3 is 4.74 Å². The molecule has 76 valence electrons. The van der Waals surface area contributed by atoms with Crippen LogP contribution in [0.3, 0.4) is 0 Å². The van der Waals surface area contributed by atoms with Crippen molar-refractivity contribution in [3.05, 3.63) is 11.8 Å². The first-order chi connectivity index (χ1) is 5.81.